The molecular formula is C15H20ClN5. The Labute approximate surface area is 129 Å². The lowest BCUT2D eigenvalue weighted by Gasteiger charge is -2.32. The molecule has 112 valence electrons. The molecule has 3 atom stereocenters. The zero-order valence-electron chi connectivity index (χ0n) is 12.3. The van der Waals surface area contributed by atoms with Gasteiger partial charge in [-0.05, 0) is 59.7 Å². The second kappa shape index (κ2) is 5.64. The molecule has 1 aromatic heterocycles. The molecular weight excluding hydrogens is 286 g/mol. The third-order valence-corrected chi connectivity index (χ3v) is 4.74. The molecule has 3 unspecified atom stereocenters. The number of aromatic nitrogens is 4. The molecule has 3 rings (SSSR count). The molecule has 21 heavy (non-hydrogen) atoms. The Hall–Kier alpha value is -1.62. The van der Waals surface area contributed by atoms with Crippen molar-refractivity contribution in [2.45, 2.75) is 39.2 Å². The van der Waals surface area contributed by atoms with Crippen molar-refractivity contribution < 1.29 is 0 Å². The highest BCUT2D eigenvalue weighted by molar-refractivity contribution is 6.33. The van der Waals surface area contributed by atoms with Gasteiger partial charge in [0.05, 0.1) is 11.1 Å². The Balaban J connectivity index is 1.97. The quantitative estimate of drug-likeness (QED) is 0.861. The third kappa shape index (κ3) is 2.75. The first kappa shape index (κ1) is 14.3. The third-order valence-electron chi connectivity index (χ3n) is 4.43. The number of nitrogen functional groups attached to an aromatic ring is 1. The topological polar surface area (TPSA) is 69.6 Å². The molecule has 1 aliphatic rings. The maximum absolute atomic E-state index is 6.30. The Morgan fingerprint density at radius 2 is 2.10 bits per heavy atom. The van der Waals surface area contributed by atoms with Crippen LogP contribution in [0.3, 0.4) is 0 Å². The molecule has 1 aromatic carbocycles. The van der Waals surface area contributed by atoms with E-state index in [-0.39, 0.29) is 0 Å². The molecule has 1 aliphatic carbocycles. The molecule has 1 fully saturated rings. The van der Waals surface area contributed by atoms with Crippen LogP contribution in [0.5, 0.6) is 0 Å². The average molecular weight is 306 g/mol. The van der Waals surface area contributed by atoms with Crippen molar-refractivity contribution >= 4 is 17.3 Å². The Morgan fingerprint density at radius 1 is 1.29 bits per heavy atom. The van der Waals surface area contributed by atoms with Gasteiger partial charge in [-0.25, -0.2) is 4.68 Å². The normalized spacial score (nSPS) is 26.0. The van der Waals surface area contributed by atoms with Gasteiger partial charge < -0.3 is 5.73 Å². The van der Waals surface area contributed by atoms with Crippen molar-refractivity contribution in [2.75, 3.05) is 5.73 Å². The number of anilines is 1. The van der Waals surface area contributed by atoms with Crippen molar-refractivity contribution in [3.05, 3.63) is 23.2 Å². The number of rotatable bonds is 2. The first-order valence-electron chi connectivity index (χ1n) is 7.39. The number of benzene rings is 1. The summed E-state index contributed by atoms with van der Waals surface area (Å²) in [5, 5.41) is 12.9. The van der Waals surface area contributed by atoms with E-state index in [0.29, 0.717) is 22.7 Å². The predicted octanol–water partition coefficient (Wildman–Crippen LogP) is 3.57. The highest BCUT2D eigenvalue weighted by Crippen LogP contribution is 2.38. The number of tetrazole rings is 1. The lowest BCUT2D eigenvalue weighted by atomic mass is 9.80. The molecule has 1 saturated carbocycles. The first-order chi connectivity index (χ1) is 10.1. The largest absolute Gasteiger partial charge is 0.399 e. The summed E-state index contributed by atoms with van der Waals surface area (Å²) in [6, 6.07) is 5.78. The van der Waals surface area contributed by atoms with Gasteiger partial charge in [-0.3, -0.25) is 0 Å². The fourth-order valence-corrected chi connectivity index (χ4v) is 3.59. The van der Waals surface area contributed by atoms with E-state index in [4.69, 9.17) is 17.3 Å². The van der Waals surface area contributed by atoms with Gasteiger partial charge in [0.1, 0.15) is 0 Å². The lowest BCUT2D eigenvalue weighted by Crippen LogP contribution is -2.26. The minimum Gasteiger partial charge on any atom is -0.399 e. The fraction of sp³-hybridized carbons (Fsp3) is 0.533. The monoisotopic (exact) mass is 305 g/mol. The zero-order chi connectivity index (χ0) is 15.0. The van der Waals surface area contributed by atoms with Gasteiger partial charge in [-0.1, -0.05) is 25.4 Å². The summed E-state index contributed by atoms with van der Waals surface area (Å²) >= 11 is 6.30. The number of hydrogen-bond acceptors (Lipinski definition) is 4. The van der Waals surface area contributed by atoms with Crippen LogP contribution in [0.2, 0.25) is 5.02 Å². The molecule has 1 heterocycles. The van der Waals surface area contributed by atoms with Crippen LogP contribution in [0.1, 0.15) is 39.2 Å². The maximum atomic E-state index is 6.30. The maximum Gasteiger partial charge on any atom is 0.183 e. The van der Waals surface area contributed by atoms with E-state index < -0.39 is 0 Å². The SMILES string of the molecule is CC1CCC(n2nnnc2-c2ccc(N)cc2Cl)C(C)C1. The van der Waals surface area contributed by atoms with Crippen LogP contribution in [-0.2, 0) is 0 Å². The lowest BCUT2D eigenvalue weighted by molar-refractivity contribution is 0.194. The number of hydrogen-bond donors (Lipinski definition) is 1. The second-order valence-electron chi connectivity index (χ2n) is 6.15. The van der Waals surface area contributed by atoms with Gasteiger partial charge >= 0.3 is 0 Å². The van der Waals surface area contributed by atoms with E-state index in [1.807, 2.05) is 16.8 Å². The van der Waals surface area contributed by atoms with Gasteiger partial charge in [0.2, 0.25) is 0 Å². The van der Waals surface area contributed by atoms with E-state index >= 15 is 0 Å². The van der Waals surface area contributed by atoms with Crippen molar-refractivity contribution in [3.8, 4) is 11.4 Å². The minimum atomic E-state index is 0.333. The van der Waals surface area contributed by atoms with E-state index in [1.165, 1.54) is 12.8 Å². The molecule has 0 radical (unpaired) electrons. The summed E-state index contributed by atoms with van der Waals surface area (Å²) in [6.07, 6.45) is 3.52. The summed E-state index contributed by atoms with van der Waals surface area (Å²) in [7, 11) is 0. The molecule has 6 heteroatoms. The molecule has 0 spiro atoms. The van der Waals surface area contributed by atoms with Crippen molar-refractivity contribution in [1.29, 1.82) is 0 Å². The van der Waals surface area contributed by atoms with E-state index in [0.717, 1.165) is 23.7 Å². The summed E-state index contributed by atoms with van der Waals surface area (Å²) < 4.78 is 1.94. The van der Waals surface area contributed by atoms with Crippen LogP contribution in [0, 0.1) is 11.8 Å². The molecule has 5 nitrogen and oxygen atoms in total. The van der Waals surface area contributed by atoms with Crippen LogP contribution >= 0.6 is 11.6 Å². The van der Waals surface area contributed by atoms with Crippen LogP contribution in [0.15, 0.2) is 18.2 Å². The molecule has 0 bridgehead atoms. The summed E-state index contributed by atoms with van der Waals surface area (Å²) in [5.74, 6) is 2.06. The molecule has 0 saturated heterocycles. The van der Waals surface area contributed by atoms with E-state index in [9.17, 15) is 0 Å². The highest BCUT2D eigenvalue weighted by atomic mass is 35.5. The highest BCUT2D eigenvalue weighted by Gasteiger charge is 2.30. The molecule has 0 amide bonds. The Bertz CT molecular complexity index is 639. The second-order valence-corrected chi connectivity index (χ2v) is 6.56. The fourth-order valence-electron chi connectivity index (χ4n) is 3.32. The minimum absolute atomic E-state index is 0.333. The average Bonchev–Trinajstić information content (AvgIpc) is 2.87. The van der Waals surface area contributed by atoms with Crippen LogP contribution in [-0.4, -0.2) is 20.2 Å². The van der Waals surface area contributed by atoms with Crippen molar-refractivity contribution in [1.82, 2.24) is 20.2 Å². The predicted molar refractivity (Wildman–Crippen MR) is 83.9 cm³/mol. The number of nitrogens with zero attached hydrogens (tertiary/aromatic N) is 4. The first-order valence-corrected chi connectivity index (χ1v) is 7.77. The van der Waals surface area contributed by atoms with Crippen molar-refractivity contribution in [3.63, 3.8) is 0 Å². The van der Waals surface area contributed by atoms with Gasteiger partial charge in [0.25, 0.3) is 0 Å². The number of nitrogens with two attached hydrogens (primary N) is 1. The van der Waals surface area contributed by atoms with Crippen LogP contribution in [0.25, 0.3) is 11.4 Å². The van der Waals surface area contributed by atoms with Crippen LogP contribution in [0.4, 0.5) is 5.69 Å². The van der Waals surface area contributed by atoms with Gasteiger partial charge in [-0.2, -0.15) is 0 Å². The van der Waals surface area contributed by atoms with Gasteiger partial charge in [-0.15, -0.1) is 5.10 Å². The molecule has 2 N–H and O–H groups in total. The molecule has 0 aliphatic heterocycles. The smallest absolute Gasteiger partial charge is 0.183 e. The van der Waals surface area contributed by atoms with Crippen LogP contribution < -0.4 is 5.73 Å². The summed E-state index contributed by atoms with van der Waals surface area (Å²) in [4.78, 5) is 0. The van der Waals surface area contributed by atoms with Gasteiger partial charge in [0, 0.05) is 11.3 Å². The molecule has 2 aromatic rings. The van der Waals surface area contributed by atoms with Gasteiger partial charge in [0.15, 0.2) is 5.82 Å². The van der Waals surface area contributed by atoms with E-state index in [2.05, 4.69) is 29.4 Å². The Kier molecular flexibility index (Phi) is 3.85. The summed E-state index contributed by atoms with van der Waals surface area (Å²) in [5.41, 5.74) is 7.23. The standard InChI is InChI=1S/C15H20ClN5/c1-9-3-6-14(10(2)7-9)21-15(18-19-20-21)12-5-4-11(17)8-13(12)16/h4-5,8-10,14H,3,6-7,17H2,1-2H3. The van der Waals surface area contributed by atoms with Crippen molar-refractivity contribution in [2.24, 2.45) is 11.8 Å². The Morgan fingerprint density at radius 3 is 2.81 bits per heavy atom. The van der Waals surface area contributed by atoms with E-state index in [1.54, 1.807) is 6.07 Å². The zero-order valence-corrected chi connectivity index (χ0v) is 13.1. The number of halogens is 1. The summed E-state index contributed by atoms with van der Waals surface area (Å²) in [6.45, 7) is 4.58.